The van der Waals surface area contributed by atoms with Crippen molar-refractivity contribution < 1.29 is 23.9 Å². The van der Waals surface area contributed by atoms with Crippen LogP contribution < -0.4 is 9.64 Å². The predicted molar refractivity (Wildman–Crippen MR) is 161 cm³/mol. The van der Waals surface area contributed by atoms with Crippen molar-refractivity contribution in [1.29, 1.82) is 0 Å². The average molecular weight is 628 g/mol. The summed E-state index contributed by atoms with van der Waals surface area (Å²) in [4.78, 5) is 56.1. The second-order valence-corrected chi connectivity index (χ2v) is 12.3. The molecule has 3 aliphatic rings. The number of carbonyl (C=O) groups excluding carboxylic acids is 3. The van der Waals surface area contributed by atoms with Crippen molar-refractivity contribution in [3.63, 3.8) is 0 Å². The van der Waals surface area contributed by atoms with Gasteiger partial charge in [0.2, 0.25) is 5.91 Å². The molecule has 1 fully saturated rings. The van der Waals surface area contributed by atoms with Gasteiger partial charge in [0.1, 0.15) is 17.7 Å². The number of halogens is 1. The Hall–Kier alpha value is -3.68. The number of fused-ring (bicyclic) bond motifs is 3. The molecule has 3 aliphatic heterocycles. The second-order valence-electron chi connectivity index (χ2n) is 11.0. The van der Waals surface area contributed by atoms with Crippen LogP contribution in [0.1, 0.15) is 45.4 Å². The average Bonchev–Trinajstić information content (AvgIpc) is 3.64. The van der Waals surface area contributed by atoms with E-state index in [9.17, 15) is 14.4 Å². The Morgan fingerprint density at radius 2 is 1.91 bits per heavy atom. The number of anilines is 1. The van der Waals surface area contributed by atoms with E-state index in [1.807, 2.05) is 17.5 Å². The third-order valence-electron chi connectivity index (χ3n) is 8.04. The van der Waals surface area contributed by atoms with Gasteiger partial charge < -0.3 is 33.6 Å². The molecule has 3 aromatic heterocycles. The van der Waals surface area contributed by atoms with Crippen LogP contribution in [0, 0.1) is 0 Å². The van der Waals surface area contributed by atoms with Crippen LogP contribution in [-0.4, -0.2) is 107 Å². The third-order valence-corrected chi connectivity index (χ3v) is 9.30. The molecule has 0 radical (unpaired) electrons. The summed E-state index contributed by atoms with van der Waals surface area (Å²) in [7, 11) is 3.43. The highest BCUT2D eigenvalue weighted by molar-refractivity contribution is 7.10. The first-order valence-corrected chi connectivity index (χ1v) is 15.5. The van der Waals surface area contributed by atoms with Gasteiger partial charge >= 0.3 is 0 Å². The molecule has 3 aromatic rings. The minimum Gasteiger partial charge on any atom is -0.481 e. The van der Waals surface area contributed by atoms with Crippen molar-refractivity contribution in [2.24, 2.45) is 0 Å². The summed E-state index contributed by atoms with van der Waals surface area (Å²) in [6.45, 7) is 6.08. The number of nitrogens with zero attached hydrogens (tertiary/aromatic N) is 7. The summed E-state index contributed by atoms with van der Waals surface area (Å²) in [6, 6.07) is 5.00. The molecule has 6 heterocycles. The lowest BCUT2D eigenvalue weighted by Gasteiger charge is -2.37. The van der Waals surface area contributed by atoms with E-state index in [4.69, 9.17) is 26.1 Å². The molecule has 3 amide bonds. The van der Waals surface area contributed by atoms with E-state index in [2.05, 4.69) is 14.5 Å². The van der Waals surface area contributed by atoms with Crippen LogP contribution in [0.4, 0.5) is 5.82 Å². The number of pyridine rings is 1. The maximum Gasteiger partial charge on any atom is 0.261 e. The highest BCUT2D eigenvalue weighted by Crippen LogP contribution is 2.40. The van der Waals surface area contributed by atoms with E-state index < -0.39 is 6.04 Å². The fourth-order valence-corrected chi connectivity index (χ4v) is 7.00. The molecule has 43 heavy (non-hydrogen) atoms. The number of imidazole rings is 1. The number of rotatable bonds is 6. The van der Waals surface area contributed by atoms with Crippen molar-refractivity contribution in [3.05, 3.63) is 56.4 Å². The molecule has 1 unspecified atom stereocenters. The van der Waals surface area contributed by atoms with Crippen molar-refractivity contribution in [2.45, 2.75) is 32.5 Å². The van der Waals surface area contributed by atoms with Crippen molar-refractivity contribution in [2.75, 3.05) is 65.0 Å². The molecule has 0 saturated carbocycles. The zero-order chi connectivity index (χ0) is 30.2. The monoisotopic (exact) mass is 627 g/mol. The number of ether oxygens (including phenoxy) is 2. The Balaban J connectivity index is 1.27. The molecule has 14 heteroatoms. The first-order valence-electron chi connectivity index (χ1n) is 14.3. The van der Waals surface area contributed by atoms with Gasteiger partial charge in [-0.1, -0.05) is 11.6 Å². The molecule has 0 bridgehead atoms. The van der Waals surface area contributed by atoms with Crippen LogP contribution in [0.3, 0.4) is 0 Å². The number of hydrogen-bond acceptors (Lipinski definition) is 9. The lowest BCUT2D eigenvalue weighted by atomic mass is 10.00. The zero-order valence-corrected chi connectivity index (χ0v) is 26.0. The lowest BCUT2D eigenvalue weighted by Crippen LogP contribution is -2.44. The molecule has 1 atom stereocenters. The van der Waals surface area contributed by atoms with Crippen LogP contribution in [0.5, 0.6) is 5.75 Å². The summed E-state index contributed by atoms with van der Waals surface area (Å²) in [5.74, 6) is 1.58. The summed E-state index contributed by atoms with van der Waals surface area (Å²) < 4.78 is 13.5. The Morgan fingerprint density at radius 1 is 1.12 bits per heavy atom. The molecule has 0 aromatic carbocycles. The van der Waals surface area contributed by atoms with E-state index in [-0.39, 0.29) is 29.5 Å². The van der Waals surface area contributed by atoms with Crippen molar-refractivity contribution in [1.82, 2.24) is 29.2 Å². The van der Waals surface area contributed by atoms with Gasteiger partial charge in [0.25, 0.3) is 11.8 Å². The minimum atomic E-state index is -0.448. The summed E-state index contributed by atoms with van der Waals surface area (Å²) in [5.41, 5.74) is 2.41. The van der Waals surface area contributed by atoms with Gasteiger partial charge in [0.05, 0.1) is 36.7 Å². The van der Waals surface area contributed by atoms with Gasteiger partial charge in [-0.05, 0) is 18.2 Å². The largest absolute Gasteiger partial charge is 0.481 e. The van der Waals surface area contributed by atoms with Crippen LogP contribution in [-0.2, 0) is 33.8 Å². The number of morpholine rings is 1. The van der Waals surface area contributed by atoms with Gasteiger partial charge in [-0.15, -0.1) is 11.3 Å². The maximum absolute atomic E-state index is 13.8. The number of carbonyl (C=O) groups is 3. The quantitative estimate of drug-likeness (QED) is 0.383. The molecule has 0 aliphatic carbocycles. The van der Waals surface area contributed by atoms with E-state index in [1.54, 1.807) is 36.9 Å². The fraction of sp³-hybridized carbons (Fsp3) is 0.483. The molecule has 228 valence electrons. The Kier molecular flexibility index (Phi) is 8.29. The number of thiophene rings is 1. The number of amides is 3. The number of hydrogen-bond donors (Lipinski definition) is 0. The van der Waals surface area contributed by atoms with Crippen LogP contribution in [0.15, 0.2) is 23.6 Å². The van der Waals surface area contributed by atoms with Gasteiger partial charge in [-0.3, -0.25) is 14.4 Å². The third kappa shape index (κ3) is 5.80. The van der Waals surface area contributed by atoms with Gasteiger partial charge in [-0.25, -0.2) is 9.97 Å². The first-order chi connectivity index (χ1) is 20.7. The number of aromatic nitrogens is 3. The van der Waals surface area contributed by atoms with Gasteiger partial charge in [-0.2, -0.15) is 0 Å². The van der Waals surface area contributed by atoms with Crippen LogP contribution >= 0.6 is 22.9 Å². The Morgan fingerprint density at radius 3 is 2.63 bits per heavy atom. The molecular weight excluding hydrogens is 594 g/mol. The topological polar surface area (TPSA) is 113 Å². The lowest BCUT2D eigenvalue weighted by molar-refractivity contribution is -0.135. The van der Waals surface area contributed by atoms with E-state index in [1.165, 1.54) is 16.2 Å². The van der Waals surface area contributed by atoms with Gasteiger partial charge in [0.15, 0.2) is 17.5 Å². The fourth-order valence-electron chi connectivity index (χ4n) is 5.80. The Labute approximate surface area is 258 Å². The SMILES string of the molecule is CC(=O)N1CCn2c(nc3c2C(c2cc(C(=O)N(C)C)cs2)N(C(=O)COc2ccc(N4CCOCC4)nc2Cl)CC3)C1. The van der Waals surface area contributed by atoms with Gasteiger partial charge in [0, 0.05) is 70.4 Å². The first kappa shape index (κ1) is 29.4. The molecular formula is C29H34ClN7O5S. The highest BCUT2D eigenvalue weighted by atomic mass is 35.5. The molecule has 0 spiro atoms. The van der Waals surface area contributed by atoms with E-state index >= 15 is 0 Å². The van der Waals surface area contributed by atoms with Crippen molar-refractivity contribution >= 4 is 46.5 Å². The normalized spacial score (nSPS) is 18.2. The minimum absolute atomic E-state index is 0.00829. The molecule has 6 rings (SSSR count). The second kappa shape index (κ2) is 12.1. The van der Waals surface area contributed by atoms with Crippen LogP contribution in [0.25, 0.3) is 0 Å². The van der Waals surface area contributed by atoms with Crippen LogP contribution in [0.2, 0.25) is 5.15 Å². The molecule has 1 saturated heterocycles. The standard InChI is InChI=1S/C29H34ClN7O5S/c1-18(38)35-8-9-36-24(15-35)31-20-6-7-37(27(26(20)36)22-14-19(17-43-22)29(40)33(2)3)25(39)16-42-21-4-5-23(32-28(21)30)34-10-12-41-13-11-34/h4-5,14,17,27H,6-13,15-16H2,1-3H3. The smallest absolute Gasteiger partial charge is 0.261 e. The highest BCUT2D eigenvalue weighted by Gasteiger charge is 2.39. The van der Waals surface area contributed by atoms with Crippen molar-refractivity contribution in [3.8, 4) is 5.75 Å². The maximum atomic E-state index is 13.8. The molecule has 0 N–H and O–H groups in total. The van der Waals surface area contributed by atoms with E-state index in [0.29, 0.717) is 57.1 Å². The zero-order valence-electron chi connectivity index (χ0n) is 24.4. The summed E-state index contributed by atoms with van der Waals surface area (Å²) in [5, 5.41) is 2.02. The summed E-state index contributed by atoms with van der Waals surface area (Å²) >= 11 is 7.92. The Bertz CT molecular complexity index is 1550. The van der Waals surface area contributed by atoms with E-state index in [0.717, 1.165) is 41.0 Å². The summed E-state index contributed by atoms with van der Waals surface area (Å²) in [6.07, 6.45) is 0.572. The predicted octanol–water partition coefficient (Wildman–Crippen LogP) is 2.45. The molecule has 12 nitrogen and oxygen atoms in total.